The first-order valence-corrected chi connectivity index (χ1v) is 6.13. The molecule has 1 fully saturated rings. The summed E-state index contributed by atoms with van der Waals surface area (Å²) in [5.41, 5.74) is 8.06. The van der Waals surface area contributed by atoms with E-state index in [1.807, 2.05) is 30.6 Å². The van der Waals surface area contributed by atoms with Crippen LogP contribution in [0.3, 0.4) is 0 Å². The van der Waals surface area contributed by atoms with Gasteiger partial charge in [-0.15, -0.1) is 0 Å². The van der Waals surface area contributed by atoms with Crippen LogP contribution in [0.2, 0.25) is 0 Å². The Kier molecular flexibility index (Phi) is 2.24. The summed E-state index contributed by atoms with van der Waals surface area (Å²) in [6.07, 6.45) is 4.30. The third-order valence-electron chi connectivity index (χ3n) is 2.89. The SMILES string of the molecule is Nc1c(-c2ccc(Br)cc2)ncn1C1CC1. The second-order valence-corrected chi connectivity index (χ2v) is 5.04. The molecule has 0 spiro atoms. The minimum absolute atomic E-state index is 0.580. The fraction of sp³-hybridized carbons (Fsp3) is 0.250. The van der Waals surface area contributed by atoms with Crippen LogP contribution in [-0.2, 0) is 0 Å². The van der Waals surface area contributed by atoms with Crippen LogP contribution in [0.4, 0.5) is 5.82 Å². The number of aromatic nitrogens is 2. The highest BCUT2D eigenvalue weighted by Crippen LogP contribution is 2.39. The molecule has 1 aliphatic rings. The molecule has 2 N–H and O–H groups in total. The molecule has 16 heavy (non-hydrogen) atoms. The highest BCUT2D eigenvalue weighted by Gasteiger charge is 2.26. The fourth-order valence-corrected chi connectivity index (χ4v) is 2.11. The first-order chi connectivity index (χ1) is 7.75. The van der Waals surface area contributed by atoms with E-state index in [-0.39, 0.29) is 0 Å². The summed E-state index contributed by atoms with van der Waals surface area (Å²) in [7, 11) is 0. The average Bonchev–Trinajstić information content (AvgIpc) is 3.05. The summed E-state index contributed by atoms with van der Waals surface area (Å²) in [5, 5.41) is 0. The second kappa shape index (κ2) is 3.63. The molecular formula is C12H12BrN3. The third kappa shape index (κ3) is 1.63. The zero-order chi connectivity index (χ0) is 11.1. The average molecular weight is 278 g/mol. The first-order valence-electron chi connectivity index (χ1n) is 5.34. The summed E-state index contributed by atoms with van der Waals surface area (Å²) < 4.78 is 3.15. The number of halogens is 1. The molecule has 0 radical (unpaired) electrons. The van der Waals surface area contributed by atoms with Crippen LogP contribution < -0.4 is 5.73 Å². The number of nitrogens with two attached hydrogens (primary N) is 1. The van der Waals surface area contributed by atoms with Crippen LogP contribution >= 0.6 is 15.9 Å². The summed E-state index contributed by atoms with van der Waals surface area (Å²) in [4.78, 5) is 4.40. The maximum atomic E-state index is 6.10. The van der Waals surface area contributed by atoms with Crippen molar-refractivity contribution in [1.82, 2.24) is 9.55 Å². The van der Waals surface area contributed by atoms with Crippen molar-refractivity contribution >= 4 is 21.7 Å². The highest BCUT2D eigenvalue weighted by molar-refractivity contribution is 9.10. The van der Waals surface area contributed by atoms with Crippen molar-refractivity contribution in [2.24, 2.45) is 0 Å². The van der Waals surface area contributed by atoms with Crippen LogP contribution in [0.15, 0.2) is 35.1 Å². The van der Waals surface area contributed by atoms with Gasteiger partial charge in [0, 0.05) is 16.1 Å². The van der Waals surface area contributed by atoms with E-state index in [0.29, 0.717) is 6.04 Å². The summed E-state index contributed by atoms with van der Waals surface area (Å²) in [6.45, 7) is 0. The lowest BCUT2D eigenvalue weighted by atomic mass is 10.1. The van der Waals surface area contributed by atoms with Crippen molar-refractivity contribution < 1.29 is 0 Å². The van der Waals surface area contributed by atoms with Gasteiger partial charge in [-0.05, 0) is 25.0 Å². The van der Waals surface area contributed by atoms with Crippen LogP contribution in [0.1, 0.15) is 18.9 Å². The van der Waals surface area contributed by atoms with Crippen LogP contribution in [0.25, 0.3) is 11.3 Å². The van der Waals surface area contributed by atoms with Crippen molar-refractivity contribution in [2.45, 2.75) is 18.9 Å². The Morgan fingerprint density at radius 1 is 1.25 bits per heavy atom. The Labute approximate surface area is 102 Å². The number of rotatable bonds is 2. The normalized spacial score (nSPS) is 15.3. The first kappa shape index (κ1) is 9.90. The van der Waals surface area contributed by atoms with Gasteiger partial charge >= 0.3 is 0 Å². The summed E-state index contributed by atoms with van der Waals surface area (Å²) in [6, 6.07) is 8.65. The number of benzene rings is 1. The van der Waals surface area contributed by atoms with Gasteiger partial charge in [0.15, 0.2) is 0 Å². The predicted octanol–water partition coefficient (Wildman–Crippen LogP) is 3.23. The Morgan fingerprint density at radius 3 is 2.56 bits per heavy atom. The largest absolute Gasteiger partial charge is 0.383 e. The molecule has 1 saturated carbocycles. The molecule has 4 heteroatoms. The number of nitrogens with zero attached hydrogens (tertiary/aromatic N) is 2. The minimum Gasteiger partial charge on any atom is -0.383 e. The second-order valence-electron chi connectivity index (χ2n) is 4.12. The molecule has 0 saturated heterocycles. The molecule has 1 aromatic heterocycles. The molecule has 2 aromatic rings. The van der Waals surface area contributed by atoms with E-state index in [0.717, 1.165) is 21.5 Å². The van der Waals surface area contributed by atoms with E-state index < -0.39 is 0 Å². The molecule has 1 aliphatic carbocycles. The van der Waals surface area contributed by atoms with Gasteiger partial charge < -0.3 is 10.3 Å². The van der Waals surface area contributed by atoms with E-state index in [4.69, 9.17) is 5.73 Å². The maximum absolute atomic E-state index is 6.10. The van der Waals surface area contributed by atoms with Gasteiger partial charge in [-0.2, -0.15) is 0 Å². The molecule has 82 valence electrons. The summed E-state index contributed by atoms with van der Waals surface area (Å²) in [5.74, 6) is 0.782. The Hall–Kier alpha value is -1.29. The van der Waals surface area contributed by atoms with E-state index in [9.17, 15) is 0 Å². The standard InChI is InChI=1S/C12H12BrN3/c13-9-3-1-8(2-4-9)11-12(14)16(7-15-11)10-5-6-10/h1-4,7,10H,5-6,14H2. The number of anilines is 1. The molecule has 1 heterocycles. The number of hydrogen-bond donors (Lipinski definition) is 1. The third-order valence-corrected chi connectivity index (χ3v) is 3.42. The van der Waals surface area contributed by atoms with Crippen molar-refractivity contribution in [3.63, 3.8) is 0 Å². The van der Waals surface area contributed by atoms with Gasteiger partial charge in [0.05, 0.1) is 6.33 Å². The number of hydrogen-bond acceptors (Lipinski definition) is 2. The van der Waals surface area contributed by atoms with E-state index in [1.165, 1.54) is 12.8 Å². The van der Waals surface area contributed by atoms with Gasteiger partial charge in [0.2, 0.25) is 0 Å². The van der Waals surface area contributed by atoms with Crippen LogP contribution in [-0.4, -0.2) is 9.55 Å². The lowest BCUT2D eigenvalue weighted by Gasteiger charge is -2.03. The molecule has 0 amide bonds. The smallest absolute Gasteiger partial charge is 0.131 e. The number of nitrogen functional groups attached to an aromatic ring is 1. The van der Waals surface area contributed by atoms with E-state index >= 15 is 0 Å². The zero-order valence-corrected chi connectivity index (χ0v) is 10.3. The maximum Gasteiger partial charge on any atom is 0.131 e. The predicted molar refractivity (Wildman–Crippen MR) is 68.0 cm³/mol. The highest BCUT2D eigenvalue weighted by atomic mass is 79.9. The van der Waals surface area contributed by atoms with Crippen molar-refractivity contribution in [3.05, 3.63) is 35.1 Å². The topological polar surface area (TPSA) is 43.8 Å². The van der Waals surface area contributed by atoms with Gasteiger partial charge in [0.25, 0.3) is 0 Å². The Balaban J connectivity index is 2.02. The molecule has 3 nitrogen and oxygen atoms in total. The lowest BCUT2D eigenvalue weighted by Crippen LogP contribution is -1.99. The molecule has 3 rings (SSSR count). The van der Waals surface area contributed by atoms with Gasteiger partial charge in [-0.1, -0.05) is 28.1 Å². The van der Waals surface area contributed by atoms with Crippen LogP contribution in [0, 0.1) is 0 Å². The van der Waals surface area contributed by atoms with E-state index in [2.05, 4.69) is 25.5 Å². The summed E-state index contributed by atoms with van der Waals surface area (Å²) >= 11 is 3.42. The lowest BCUT2D eigenvalue weighted by molar-refractivity contribution is 0.751. The van der Waals surface area contributed by atoms with Crippen molar-refractivity contribution in [3.8, 4) is 11.3 Å². The zero-order valence-electron chi connectivity index (χ0n) is 8.73. The molecule has 0 aliphatic heterocycles. The number of imidazole rings is 1. The van der Waals surface area contributed by atoms with Crippen molar-refractivity contribution in [1.29, 1.82) is 0 Å². The molecule has 0 atom stereocenters. The quantitative estimate of drug-likeness (QED) is 0.916. The van der Waals surface area contributed by atoms with Crippen molar-refractivity contribution in [2.75, 3.05) is 5.73 Å². The molecule has 0 unspecified atom stereocenters. The minimum atomic E-state index is 0.580. The van der Waals surface area contributed by atoms with Gasteiger partial charge in [-0.25, -0.2) is 4.98 Å². The Morgan fingerprint density at radius 2 is 1.94 bits per heavy atom. The Bertz CT molecular complexity index is 512. The van der Waals surface area contributed by atoms with E-state index in [1.54, 1.807) is 0 Å². The molecule has 1 aromatic carbocycles. The van der Waals surface area contributed by atoms with Crippen LogP contribution in [0.5, 0.6) is 0 Å². The monoisotopic (exact) mass is 277 g/mol. The van der Waals surface area contributed by atoms with Gasteiger partial charge in [0.1, 0.15) is 11.5 Å². The molecular weight excluding hydrogens is 266 g/mol. The fourth-order valence-electron chi connectivity index (χ4n) is 1.84. The molecule has 0 bridgehead atoms. The van der Waals surface area contributed by atoms with Gasteiger partial charge in [-0.3, -0.25) is 0 Å².